The molecule has 1 aliphatic carbocycles. The average Bonchev–Trinajstić information content (AvgIpc) is 2.76. The van der Waals surface area contributed by atoms with Gasteiger partial charge in [0.2, 0.25) is 0 Å². The molecule has 18 heavy (non-hydrogen) atoms. The first kappa shape index (κ1) is 13.3. The zero-order chi connectivity index (χ0) is 13.0. The third kappa shape index (κ3) is 3.19. The van der Waals surface area contributed by atoms with Crippen LogP contribution in [0.5, 0.6) is 0 Å². The Morgan fingerprint density at radius 1 is 1.50 bits per heavy atom. The largest absolute Gasteiger partial charge is 0.347 e. The molecule has 1 aromatic heterocycles. The predicted molar refractivity (Wildman–Crippen MR) is 72.7 cm³/mol. The lowest BCUT2D eigenvalue weighted by Crippen LogP contribution is -2.33. The quantitative estimate of drug-likeness (QED) is 0.864. The zero-order valence-electron chi connectivity index (χ0n) is 11.4. The summed E-state index contributed by atoms with van der Waals surface area (Å²) in [5.41, 5.74) is 0.677. The molecule has 1 heterocycles. The highest BCUT2D eigenvalue weighted by molar-refractivity contribution is 4.95. The molecule has 4 nitrogen and oxygen atoms in total. The van der Waals surface area contributed by atoms with Crippen LogP contribution in [0.2, 0.25) is 0 Å². The SMILES string of the molecule is CCNC1CCCC1CCn1ccc(C)nc1=O. The molecule has 2 atom stereocenters. The summed E-state index contributed by atoms with van der Waals surface area (Å²) in [6.07, 6.45) is 6.80. The van der Waals surface area contributed by atoms with Crippen molar-refractivity contribution in [1.29, 1.82) is 0 Å². The highest BCUT2D eigenvalue weighted by Crippen LogP contribution is 2.28. The number of nitrogens with one attached hydrogen (secondary N) is 1. The third-order valence-corrected chi connectivity index (χ3v) is 3.88. The first-order chi connectivity index (χ1) is 8.70. The van der Waals surface area contributed by atoms with Crippen LogP contribution in [-0.4, -0.2) is 22.1 Å². The lowest BCUT2D eigenvalue weighted by molar-refractivity contribution is 0.363. The predicted octanol–water partition coefficient (Wildman–Crippen LogP) is 1.72. The first-order valence-electron chi connectivity index (χ1n) is 6.98. The van der Waals surface area contributed by atoms with Gasteiger partial charge in [-0.2, -0.15) is 4.98 Å². The van der Waals surface area contributed by atoms with Crippen LogP contribution in [0.25, 0.3) is 0 Å². The Hall–Kier alpha value is -1.16. The molecule has 0 aromatic carbocycles. The molecule has 0 spiro atoms. The topological polar surface area (TPSA) is 46.9 Å². The Labute approximate surface area is 108 Å². The van der Waals surface area contributed by atoms with Gasteiger partial charge in [-0.05, 0) is 44.7 Å². The number of hydrogen-bond donors (Lipinski definition) is 1. The molecule has 4 heteroatoms. The minimum atomic E-state index is -0.118. The Kier molecular flexibility index (Phi) is 4.53. The Morgan fingerprint density at radius 2 is 2.33 bits per heavy atom. The number of aromatic nitrogens is 2. The van der Waals surface area contributed by atoms with Gasteiger partial charge in [-0.1, -0.05) is 13.3 Å². The molecule has 0 bridgehead atoms. The van der Waals surface area contributed by atoms with E-state index in [9.17, 15) is 4.79 Å². The average molecular weight is 249 g/mol. The maximum atomic E-state index is 11.7. The molecule has 1 saturated carbocycles. The van der Waals surface area contributed by atoms with Gasteiger partial charge in [-0.25, -0.2) is 4.79 Å². The van der Waals surface area contributed by atoms with Crippen LogP contribution >= 0.6 is 0 Å². The fraction of sp³-hybridized carbons (Fsp3) is 0.714. The van der Waals surface area contributed by atoms with Crippen molar-refractivity contribution in [1.82, 2.24) is 14.9 Å². The van der Waals surface area contributed by atoms with Crippen molar-refractivity contribution < 1.29 is 0 Å². The Morgan fingerprint density at radius 3 is 3.06 bits per heavy atom. The van der Waals surface area contributed by atoms with Gasteiger partial charge < -0.3 is 5.32 Å². The van der Waals surface area contributed by atoms with E-state index in [1.54, 1.807) is 4.57 Å². The van der Waals surface area contributed by atoms with E-state index in [-0.39, 0.29) is 5.69 Å². The monoisotopic (exact) mass is 249 g/mol. The van der Waals surface area contributed by atoms with Crippen LogP contribution in [0, 0.1) is 12.8 Å². The summed E-state index contributed by atoms with van der Waals surface area (Å²) in [5, 5.41) is 3.55. The molecule has 1 N–H and O–H groups in total. The molecular formula is C14H23N3O. The fourth-order valence-corrected chi connectivity index (χ4v) is 2.90. The minimum absolute atomic E-state index is 0.118. The standard InChI is InChI=1S/C14H23N3O/c1-3-15-13-6-4-5-12(13)8-10-17-9-7-11(2)16-14(17)18/h7,9,12-13,15H,3-6,8,10H2,1-2H3. The summed E-state index contributed by atoms with van der Waals surface area (Å²) in [4.78, 5) is 15.7. The van der Waals surface area contributed by atoms with E-state index in [0.717, 1.165) is 25.2 Å². The summed E-state index contributed by atoms with van der Waals surface area (Å²) in [6.45, 7) is 5.83. The molecule has 1 aromatic rings. The second-order valence-electron chi connectivity index (χ2n) is 5.19. The van der Waals surface area contributed by atoms with Crippen LogP contribution in [0.1, 0.15) is 38.3 Å². The lowest BCUT2D eigenvalue weighted by atomic mass is 9.99. The summed E-state index contributed by atoms with van der Waals surface area (Å²) >= 11 is 0. The van der Waals surface area contributed by atoms with Crippen molar-refractivity contribution in [2.75, 3.05) is 6.54 Å². The van der Waals surface area contributed by atoms with Gasteiger partial charge in [0.25, 0.3) is 0 Å². The van der Waals surface area contributed by atoms with Gasteiger partial charge in [0, 0.05) is 24.5 Å². The van der Waals surface area contributed by atoms with Gasteiger partial charge in [0.15, 0.2) is 0 Å². The van der Waals surface area contributed by atoms with Crippen LogP contribution in [0.3, 0.4) is 0 Å². The maximum absolute atomic E-state index is 11.7. The number of nitrogens with zero attached hydrogens (tertiary/aromatic N) is 2. The van der Waals surface area contributed by atoms with E-state index in [1.807, 2.05) is 19.2 Å². The van der Waals surface area contributed by atoms with Gasteiger partial charge >= 0.3 is 5.69 Å². The molecule has 0 aliphatic heterocycles. The Bertz CT molecular complexity index is 441. The van der Waals surface area contributed by atoms with Gasteiger partial charge in [-0.3, -0.25) is 4.57 Å². The number of aryl methyl sites for hydroxylation is 2. The van der Waals surface area contributed by atoms with Crippen LogP contribution in [0.4, 0.5) is 0 Å². The van der Waals surface area contributed by atoms with E-state index in [2.05, 4.69) is 17.2 Å². The molecule has 0 amide bonds. The zero-order valence-corrected chi connectivity index (χ0v) is 11.4. The summed E-state index contributed by atoms with van der Waals surface area (Å²) in [5.74, 6) is 0.707. The van der Waals surface area contributed by atoms with Gasteiger partial charge in [0.05, 0.1) is 0 Å². The van der Waals surface area contributed by atoms with E-state index in [0.29, 0.717) is 12.0 Å². The van der Waals surface area contributed by atoms with Gasteiger partial charge in [0.1, 0.15) is 0 Å². The second kappa shape index (κ2) is 6.14. The number of hydrogen-bond acceptors (Lipinski definition) is 3. The third-order valence-electron chi connectivity index (χ3n) is 3.88. The van der Waals surface area contributed by atoms with Crippen LogP contribution in [-0.2, 0) is 6.54 Å². The van der Waals surface area contributed by atoms with E-state index in [1.165, 1.54) is 19.3 Å². The smallest absolute Gasteiger partial charge is 0.314 e. The van der Waals surface area contributed by atoms with Crippen molar-refractivity contribution >= 4 is 0 Å². The normalized spacial score (nSPS) is 23.4. The van der Waals surface area contributed by atoms with Crippen molar-refractivity contribution in [2.24, 2.45) is 5.92 Å². The minimum Gasteiger partial charge on any atom is -0.314 e. The molecule has 1 fully saturated rings. The van der Waals surface area contributed by atoms with E-state index >= 15 is 0 Å². The van der Waals surface area contributed by atoms with E-state index < -0.39 is 0 Å². The summed E-state index contributed by atoms with van der Waals surface area (Å²) in [7, 11) is 0. The fourth-order valence-electron chi connectivity index (χ4n) is 2.90. The summed E-state index contributed by atoms with van der Waals surface area (Å²) in [6, 6.07) is 2.54. The Balaban J connectivity index is 1.92. The maximum Gasteiger partial charge on any atom is 0.347 e. The van der Waals surface area contributed by atoms with Crippen molar-refractivity contribution in [3.05, 3.63) is 28.4 Å². The second-order valence-corrected chi connectivity index (χ2v) is 5.19. The number of rotatable bonds is 5. The van der Waals surface area contributed by atoms with E-state index in [4.69, 9.17) is 0 Å². The summed E-state index contributed by atoms with van der Waals surface area (Å²) < 4.78 is 1.73. The molecular weight excluding hydrogens is 226 g/mol. The molecule has 2 unspecified atom stereocenters. The molecule has 100 valence electrons. The highest BCUT2D eigenvalue weighted by atomic mass is 16.1. The molecule has 0 radical (unpaired) electrons. The van der Waals surface area contributed by atoms with Gasteiger partial charge in [-0.15, -0.1) is 0 Å². The van der Waals surface area contributed by atoms with Crippen molar-refractivity contribution in [3.63, 3.8) is 0 Å². The first-order valence-corrected chi connectivity index (χ1v) is 6.98. The van der Waals surface area contributed by atoms with Crippen LogP contribution < -0.4 is 11.0 Å². The van der Waals surface area contributed by atoms with Crippen LogP contribution in [0.15, 0.2) is 17.1 Å². The van der Waals surface area contributed by atoms with Crippen molar-refractivity contribution in [3.8, 4) is 0 Å². The molecule has 1 aliphatic rings. The highest BCUT2D eigenvalue weighted by Gasteiger charge is 2.25. The molecule has 0 saturated heterocycles. The lowest BCUT2D eigenvalue weighted by Gasteiger charge is -2.20. The van der Waals surface area contributed by atoms with Crippen molar-refractivity contribution in [2.45, 2.75) is 52.1 Å². The molecule has 2 rings (SSSR count).